The molecule has 1 unspecified atom stereocenters. The van der Waals surface area contributed by atoms with Gasteiger partial charge in [0.25, 0.3) is 0 Å². The van der Waals surface area contributed by atoms with Crippen LogP contribution in [-0.4, -0.2) is 23.1 Å². The van der Waals surface area contributed by atoms with Crippen molar-refractivity contribution in [3.8, 4) is 0 Å². The molecule has 2 heterocycles. The van der Waals surface area contributed by atoms with Gasteiger partial charge in [0.1, 0.15) is 11.6 Å². The molecule has 0 bridgehead atoms. The van der Waals surface area contributed by atoms with E-state index >= 15 is 0 Å². The van der Waals surface area contributed by atoms with Crippen LogP contribution in [0.4, 0.5) is 10.2 Å². The normalized spacial score (nSPS) is 18.4. The number of benzene rings is 1. The zero-order valence-electron chi connectivity index (χ0n) is 11.8. The van der Waals surface area contributed by atoms with E-state index in [9.17, 15) is 4.39 Å². The van der Waals surface area contributed by atoms with E-state index in [-0.39, 0.29) is 5.82 Å². The minimum absolute atomic E-state index is 0.222. The van der Waals surface area contributed by atoms with Crippen LogP contribution in [0.3, 0.4) is 0 Å². The van der Waals surface area contributed by atoms with Gasteiger partial charge < -0.3 is 10.6 Å². The second-order valence-corrected chi connectivity index (χ2v) is 5.35. The maximum atomic E-state index is 13.1. The van der Waals surface area contributed by atoms with Crippen LogP contribution >= 0.6 is 0 Å². The van der Waals surface area contributed by atoms with Crippen molar-refractivity contribution in [1.82, 2.24) is 15.3 Å². The van der Waals surface area contributed by atoms with Gasteiger partial charge in [-0.15, -0.1) is 0 Å². The number of aromatic nitrogens is 2. The Morgan fingerprint density at radius 3 is 2.95 bits per heavy atom. The summed E-state index contributed by atoms with van der Waals surface area (Å²) in [5.41, 5.74) is 1.93. The Hall–Kier alpha value is -2.01. The van der Waals surface area contributed by atoms with E-state index in [2.05, 4.69) is 20.6 Å². The monoisotopic (exact) mass is 286 g/mol. The molecule has 3 rings (SSSR count). The van der Waals surface area contributed by atoms with Crippen LogP contribution in [0.1, 0.15) is 30.0 Å². The van der Waals surface area contributed by atoms with Crippen molar-refractivity contribution in [3.63, 3.8) is 0 Å². The van der Waals surface area contributed by atoms with Crippen LogP contribution in [-0.2, 0) is 6.54 Å². The van der Waals surface area contributed by atoms with E-state index < -0.39 is 0 Å². The minimum atomic E-state index is -0.222. The van der Waals surface area contributed by atoms with Crippen LogP contribution < -0.4 is 10.6 Å². The molecule has 0 aliphatic carbocycles. The molecule has 0 radical (unpaired) electrons. The van der Waals surface area contributed by atoms with Crippen LogP contribution in [0.5, 0.6) is 0 Å². The number of nitrogens with one attached hydrogen (secondary N) is 2. The molecule has 0 saturated carbocycles. The first-order chi connectivity index (χ1) is 10.3. The van der Waals surface area contributed by atoms with Crippen molar-refractivity contribution < 1.29 is 4.39 Å². The molecule has 110 valence electrons. The molecular weight excluding hydrogens is 267 g/mol. The summed E-state index contributed by atoms with van der Waals surface area (Å²) in [6, 6.07) is 6.54. The van der Waals surface area contributed by atoms with E-state index in [0.29, 0.717) is 18.3 Å². The molecule has 1 fully saturated rings. The summed E-state index contributed by atoms with van der Waals surface area (Å²) in [6.07, 6.45) is 5.94. The van der Waals surface area contributed by atoms with Gasteiger partial charge in [-0.1, -0.05) is 12.1 Å². The lowest BCUT2D eigenvalue weighted by molar-refractivity contribution is 0.454. The zero-order valence-corrected chi connectivity index (χ0v) is 11.8. The Bertz CT molecular complexity index is 579. The van der Waals surface area contributed by atoms with Gasteiger partial charge in [0.05, 0.1) is 18.1 Å². The summed E-state index contributed by atoms with van der Waals surface area (Å²) in [4.78, 5) is 8.89. The largest absolute Gasteiger partial charge is 0.365 e. The third-order valence-corrected chi connectivity index (χ3v) is 3.75. The quantitative estimate of drug-likeness (QED) is 0.907. The standard InChI is InChI=1S/C16H19FN4/c17-14-5-1-3-12(7-14)8-20-16-11-19-15(10-21-16)13-4-2-6-18-9-13/h1,3,5,7,10-11,13,18H,2,4,6,8-9H2,(H,20,21). The summed E-state index contributed by atoms with van der Waals surface area (Å²) in [7, 11) is 0. The first kappa shape index (κ1) is 13.9. The predicted octanol–water partition coefficient (Wildman–Crippen LogP) is 2.69. The highest BCUT2D eigenvalue weighted by atomic mass is 19.1. The van der Waals surface area contributed by atoms with E-state index in [1.807, 2.05) is 12.3 Å². The minimum Gasteiger partial charge on any atom is -0.365 e. The molecule has 0 amide bonds. The van der Waals surface area contributed by atoms with Gasteiger partial charge in [0.15, 0.2) is 0 Å². The van der Waals surface area contributed by atoms with Crippen molar-refractivity contribution in [1.29, 1.82) is 0 Å². The molecule has 1 atom stereocenters. The van der Waals surface area contributed by atoms with Crippen LogP contribution in [0.15, 0.2) is 36.7 Å². The summed E-state index contributed by atoms with van der Waals surface area (Å²) in [5, 5.41) is 6.54. The van der Waals surface area contributed by atoms with E-state index in [1.165, 1.54) is 18.6 Å². The first-order valence-corrected chi connectivity index (χ1v) is 7.32. The lowest BCUT2D eigenvalue weighted by atomic mass is 9.97. The second kappa shape index (κ2) is 6.63. The number of anilines is 1. The predicted molar refractivity (Wildman–Crippen MR) is 80.6 cm³/mol. The molecule has 1 saturated heterocycles. The van der Waals surface area contributed by atoms with Crippen molar-refractivity contribution in [2.45, 2.75) is 25.3 Å². The molecular formula is C16H19FN4. The molecule has 21 heavy (non-hydrogen) atoms. The summed E-state index contributed by atoms with van der Waals surface area (Å²) in [5.74, 6) is 0.954. The fourth-order valence-corrected chi connectivity index (χ4v) is 2.58. The molecule has 2 N–H and O–H groups in total. The van der Waals surface area contributed by atoms with Crippen molar-refractivity contribution in [3.05, 3.63) is 53.7 Å². The van der Waals surface area contributed by atoms with Crippen LogP contribution in [0.2, 0.25) is 0 Å². The molecule has 2 aromatic rings. The SMILES string of the molecule is Fc1cccc(CNc2cnc(C3CCCNC3)cn2)c1. The van der Waals surface area contributed by atoms with Crippen molar-refractivity contribution in [2.24, 2.45) is 0 Å². The fraction of sp³-hybridized carbons (Fsp3) is 0.375. The fourth-order valence-electron chi connectivity index (χ4n) is 2.58. The third-order valence-electron chi connectivity index (χ3n) is 3.75. The van der Waals surface area contributed by atoms with Crippen LogP contribution in [0, 0.1) is 5.82 Å². The highest BCUT2D eigenvalue weighted by molar-refractivity contribution is 5.33. The van der Waals surface area contributed by atoms with Gasteiger partial charge in [-0.25, -0.2) is 9.37 Å². The maximum Gasteiger partial charge on any atom is 0.144 e. The number of hydrogen-bond donors (Lipinski definition) is 2. The van der Waals surface area contributed by atoms with Gasteiger partial charge in [0, 0.05) is 19.0 Å². The molecule has 4 nitrogen and oxygen atoms in total. The maximum absolute atomic E-state index is 13.1. The van der Waals surface area contributed by atoms with Gasteiger partial charge in [-0.05, 0) is 37.1 Å². The molecule has 1 aromatic heterocycles. The van der Waals surface area contributed by atoms with E-state index in [1.54, 1.807) is 12.3 Å². The molecule has 1 aromatic carbocycles. The Morgan fingerprint density at radius 1 is 1.29 bits per heavy atom. The summed E-state index contributed by atoms with van der Waals surface area (Å²) >= 11 is 0. The number of halogens is 1. The smallest absolute Gasteiger partial charge is 0.144 e. The van der Waals surface area contributed by atoms with E-state index in [4.69, 9.17) is 0 Å². The summed E-state index contributed by atoms with van der Waals surface area (Å²) in [6.45, 7) is 2.61. The molecule has 5 heteroatoms. The topological polar surface area (TPSA) is 49.8 Å². The molecule has 1 aliphatic heterocycles. The first-order valence-electron chi connectivity index (χ1n) is 7.32. The number of piperidine rings is 1. The van der Waals surface area contributed by atoms with Crippen molar-refractivity contribution >= 4 is 5.82 Å². The average molecular weight is 286 g/mol. The Morgan fingerprint density at radius 2 is 2.24 bits per heavy atom. The lowest BCUT2D eigenvalue weighted by Crippen LogP contribution is -2.28. The average Bonchev–Trinajstić information content (AvgIpc) is 2.54. The highest BCUT2D eigenvalue weighted by Crippen LogP contribution is 2.21. The lowest BCUT2D eigenvalue weighted by Gasteiger charge is -2.21. The number of nitrogens with zero attached hydrogens (tertiary/aromatic N) is 2. The molecule has 0 spiro atoms. The van der Waals surface area contributed by atoms with Crippen molar-refractivity contribution in [2.75, 3.05) is 18.4 Å². The summed E-state index contributed by atoms with van der Waals surface area (Å²) < 4.78 is 13.1. The van der Waals surface area contributed by atoms with Gasteiger partial charge in [-0.2, -0.15) is 0 Å². The number of hydrogen-bond acceptors (Lipinski definition) is 4. The highest BCUT2D eigenvalue weighted by Gasteiger charge is 2.16. The van der Waals surface area contributed by atoms with Gasteiger partial charge in [-0.3, -0.25) is 4.98 Å². The van der Waals surface area contributed by atoms with E-state index in [0.717, 1.165) is 30.8 Å². The second-order valence-electron chi connectivity index (χ2n) is 5.35. The van der Waals surface area contributed by atoms with Gasteiger partial charge in [0.2, 0.25) is 0 Å². The zero-order chi connectivity index (χ0) is 14.5. The Balaban J connectivity index is 1.59. The Labute approximate surface area is 123 Å². The third kappa shape index (κ3) is 3.76. The number of rotatable bonds is 4. The molecule has 1 aliphatic rings. The van der Waals surface area contributed by atoms with Crippen LogP contribution in [0.25, 0.3) is 0 Å². The Kier molecular flexibility index (Phi) is 4.40. The van der Waals surface area contributed by atoms with Gasteiger partial charge >= 0.3 is 0 Å².